The molecule has 0 atom stereocenters. The maximum absolute atomic E-state index is 12.7. The van der Waals surface area contributed by atoms with E-state index in [1.807, 2.05) is 18.2 Å². The zero-order valence-corrected chi connectivity index (χ0v) is 12.0. The molecule has 1 aliphatic carbocycles. The number of hydrogen-bond acceptors (Lipinski definition) is 3. The molecule has 92 valence electrons. The van der Waals surface area contributed by atoms with Gasteiger partial charge in [0.15, 0.2) is 5.78 Å². The minimum atomic E-state index is -0.267. The van der Waals surface area contributed by atoms with Crippen molar-refractivity contribution in [3.8, 4) is 0 Å². The van der Waals surface area contributed by atoms with Crippen LogP contribution in [-0.2, 0) is 6.42 Å². The van der Waals surface area contributed by atoms with Crippen LogP contribution in [0.4, 0.5) is 0 Å². The van der Waals surface area contributed by atoms with Gasteiger partial charge in [0.2, 0.25) is 0 Å². The molecule has 0 spiro atoms. The van der Waals surface area contributed by atoms with Gasteiger partial charge >= 0.3 is 0 Å². The molecule has 1 aliphatic rings. The van der Waals surface area contributed by atoms with Crippen LogP contribution >= 0.6 is 23.5 Å². The second-order valence-corrected chi connectivity index (χ2v) is 6.82. The smallest absolute Gasteiger partial charge is 0.189 e. The number of thioether (sulfide) groups is 2. The predicted octanol–water partition coefficient (Wildman–Crippen LogP) is 4.02. The van der Waals surface area contributed by atoms with Crippen LogP contribution in [0, 0.1) is 0 Å². The van der Waals surface area contributed by atoms with E-state index in [4.69, 9.17) is 0 Å². The topological polar surface area (TPSA) is 17.1 Å². The number of carbonyl (C=O) groups is 1. The number of aryl methyl sites for hydroxylation is 1. The number of carbonyl (C=O) groups excluding carboxylic acids is 1. The second-order valence-electron chi connectivity index (χ2n) is 4.35. The lowest BCUT2D eigenvalue weighted by molar-refractivity contribution is 0.0971. The van der Waals surface area contributed by atoms with Gasteiger partial charge in [0.1, 0.15) is 4.08 Å². The SMILES string of the molecule is CSC1(SC)CCCCc2ccccc2C1=O. The van der Waals surface area contributed by atoms with Gasteiger partial charge in [0.25, 0.3) is 0 Å². The molecule has 0 radical (unpaired) electrons. The minimum Gasteiger partial charge on any atom is -0.292 e. The lowest BCUT2D eigenvalue weighted by atomic mass is 9.92. The summed E-state index contributed by atoms with van der Waals surface area (Å²) in [5.74, 6) is 0.313. The molecule has 0 aromatic heterocycles. The van der Waals surface area contributed by atoms with E-state index in [1.165, 1.54) is 12.0 Å². The number of hydrogen-bond donors (Lipinski definition) is 0. The molecule has 0 heterocycles. The molecule has 0 amide bonds. The van der Waals surface area contributed by atoms with Crippen molar-refractivity contribution in [2.75, 3.05) is 12.5 Å². The fraction of sp³-hybridized carbons (Fsp3) is 0.500. The van der Waals surface area contributed by atoms with Crippen LogP contribution in [0.3, 0.4) is 0 Å². The van der Waals surface area contributed by atoms with Gasteiger partial charge in [-0.2, -0.15) is 0 Å². The van der Waals surface area contributed by atoms with Crippen LogP contribution in [-0.4, -0.2) is 22.4 Å². The summed E-state index contributed by atoms with van der Waals surface area (Å²) in [6.07, 6.45) is 8.47. The summed E-state index contributed by atoms with van der Waals surface area (Å²) in [4.78, 5) is 12.7. The predicted molar refractivity (Wildman–Crippen MR) is 78.1 cm³/mol. The highest BCUT2D eigenvalue weighted by Gasteiger charge is 2.38. The van der Waals surface area contributed by atoms with Gasteiger partial charge in [-0.25, -0.2) is 0 Å². The zero-order valence-electron chi connectivity index (χ0n) is 10.4. The summed E-state index contributed by atoms with van der Waals surface area (Å²) in [7, 11) is 0. The van der Waals surface area contributed by atoms with E-state index in [9.17, 15) is 4.79 Å². The van der Waals surface area contributed by atoms with Crippen LogP contribution in [0.1, 0.15) is 35.2 Å². The monoisotopic (exact) mass is 266 g/mol. The van der Waals surface area contributed by atoms with Crippen LogP contribution in [0.15, 0.2) is 24.3 Å². The summed E-state index contributed by atoms with van der Waals surface area (Å²) in [5.41, 5.74) is 2.17. The summed E-state index contributed by atoms with van der Waals surface area (Å²) in [6, 6.07) is 8.10. The van der Waals surface area contributed by atoms with E-state index in [1.54, 1.807) is 23.5 Å². The molecule has 1 aromatic rings. The largest absolute Gasteiger partial charge is 0.292 e. The maximum atomic E-state index is 12.7. The maximum Gasteiger partial charge on any atom is 0.189 e. The van der Waals surface area contributed by atoms with Crippen molar-refractivity contribution in [3.63, 3.8) is 0 Å². The Hall–Kier alpha value is -0.410. The first-order chi connectivity index (χ1) is 8.23. The molecule has 17 heavy (non-hydrogen) atoms. The Morgan fingerprint density at radius 3 is 2.53 bits per heavy atom. The number of Topliss-reactive ketones (excluding diaryl/α,β-unsaturated/α-hetero) is 1. The standard InChI is InChI=1S/C14H18OS2/c1-16-14(17-2)10-6-5-8-11-7-3-4-9-12(11)13(14)15/h3-4,7,9H,5-6,8,10H2,1-2H3. The molecule has 0 bridgehead atoms. The number of rotatable bonds is 2. The van der Waals surface area contributed by atoms with Crippen molar-refractivity contribution in [2.24, 2.45) is 0 Å². The summed E-state index contributed by atoms with van der Waals surface area (Å²) < 4.78 is -0.267. The third-order valence-electron chi connectivity index (χ3n) is 3.47. The highest BCUT2D eigenvalue weighted by molar-refractivity contribution is 8.18. The Balaban J connectivity index is 2.47. The van der Waals surface area contributed by atoms with E-state index in [0.717, 1.165) is 24.8 Å². The van der Waals surface area contributed by atoms with Gasteiger partial charge in [-0.3, -0.25) is 4.79 Å². The number of benzene rings is 1. The first kappa shape index (κ1) is 13.0. The highest BCUT2D eigenvalue weighted by atomic mass is 32.2. The molecule has 0 unspecified atom stereocenters. The van der Waals surface area contributed by atoms with Crippen molar-refractivity contribution < 1.29 is 4.79 Å². The Bertz CT molecular complexity index is 410. The fourth-order valence-electron chi connectivity index (χ4n) is 2.42. The van der Waals surface area contributed by atoms with Crippen molar-refractivity contribution in [1.29, 1.82) is 0 Å². The molecule has 0 N–H and O–H groups in total. The van der Waals surface area contributed by atoms with Crippen molar-refractivity contribution in [3.05, 3.63) is 35.4 Å². The molecule has 0 fully saturated rings. The van der Waals surface area contributed by atoms with E-state index in [0.29, 0.717) is 5.78 Å². The van der Waals surface area contributed by atoms with Crippen LogP contribution in [0.25, 0.3) is 0 Å². The Morgan fingerprint density at radius 1 is 1.12 bits per heavy atom. The van der Waals surface area contributed by atoms with E-state index in [2.05, 4.69) is 18.6 Å². The highest BCUT2D eigenvalue weighted by Crippen LogP contribution is 2.43. The Morgan fingerprint density at radius 2 is 1.82 bits per heavy atom. The second kappa shape index (κ2) is 5.49. The van der Waals surface area contributed by atoms with Crippen molar-refractivity contribution >= 4 is 29.3 Å². The molecule has 1 nitrogen and oxygen atoms in total. The summed E-state index contributed by atoms with van der Waals surface area (Å²) in [5, 5.41) is 0. The van der Waals surface area contributed by atoms with Crippen LogP contribution in [0.5, 0.6) is 0 Å². The molecule has 0 aliphatic heterocycles. The molecule has 3 heteroatoms. The van der Waals surface area contributed by atoms with E-state index < -0.39 is 0 Å². The summed E-state index contributed by atoms with van der Waals surface area (Å²) >= 11 is 3.40. The van der Waals surface area contributed by atoms with Crippen LogP contribution in [0.2, 0.25) is 0 Å². The lowest BCUT2D eigenvalue weighted by Crippen LogP contribution is -2.33. The first-order valence-electron chi connectivity index (χ1n) is 5.96. The van der Waals surface area contributed by atoms with Crippen molar-refractivity contribution in [2.45, 2.75) is 29.8 Å². The summed E-state index contributed by atoms with van der Waals surface area (Å²) in [6.45, 7) is 0. The van der Waals surface area contributed by atoms with E-state index in [-0.39, 0.29) is 4.08 Å². The zero-order chi connectivity index (χ0) is 12.3. The van der Waals surface area contributed by atoms with Gasteiger partial charge in [-0.1, -0.05) is 30.7 Å². The third kappa shape index (κ3) is 2.41. The average molecular weight is 266 g/mol. The average Bonchev–Trinajstić information content (AvgIpc) is 2.38. The lowest BCUT2D eigenvalue weighted by Gasteiger charge is -2.31. The van der Waals surface area contributed by atoms with Crippen LogP contribution < -0.4 is 0 Å². The van der Waals surface area contributed by atoms with Gasteiger partial charge < -0.3 is 0 Å². The van der Waals surface area contributed by atoms with Gasteiger partial charge in [0.05, 0.1) is 0 Å². The fourth-order valence-corrected chi connectivity index (χ4v) is 4.38. The van der Waals surface area contributed by atoms with Gasteiger partial charge in [0, 0.05) is 5.56 Å². The van der Waals surface area contributed by atoms with Crippen molar-refractivity contribution in [1.82, 2.24) is 0 Å². The number of ketones is 1. The van der Waals surface area contributed by atoms with Gasteiger partial charge in [-0.15, -0.1) is 23.5 Å². The quantitative estimate of drug-likeness (QED) is 0.753. The van der Waals surface area contributed by atoms with Gasteiger partial charge in [-0.05, 0) is 37.3 Å². The van der Waals surface area contributed by atoms with E-state index >= 15 is 0 Å². The third-order valence-corrected chi connectivity index (χ3v) is 6.57. The molecular weight excluding hydrogens is 248 g/mol. The molecule has 2 rings (SSSR count). The molecular formula is C14H18OS2. The molecule has 1 aromatic carbocycles. The normalized spacial score (nSPS) is 19.3. The first-order valence-corrected chi connectivity index (χ1v) is 8.41. The molecule has 0 saturated carbocycles. The molecule has 0 saturated heterocycles. The Labute approximate surface area is 112 Å². The number of fused-ring (bicyclic) bond motifs is 1. The Kier molecular flexibility index (Phi) is 4.21. The minimum absolute atomic E-state index is 0.267.